The van der Waals surface area contributed by atoms with E-state index in [1.165, 1.54) is 0 Å². The molecule has 0 aliphatic heterocycles. The van der Waals surface area contributed by atoms with Crippen molar-refractivity contribution < 1.29 is 14.3 Å². The second kappa shape index (κ2) is 11.5. The van der Waals surface area contributed by atoms with Crippen molar-refractivity contribution in [2.24, 2.45) is 5.41 Å². The fourth-order valence-corrected chi connectivity index (χ4v) is 2.33. The Hall–Kier alpha value is -1.10. The molecule has 5 nitrogen and oxygen atoms in total. The predicted octanol–water partition coefficient (Wildman–Crippen LogP) is 2.25. The van der Waals surface area contributed by atoms with Crippen LogP contribution in [-0.2, 0) is 14.3 Å². The van der Waals surface area contributed by atoms with Gasteiger partial charge in [-0.2, -0.15) is 0 Å². The molecule has 0 heterocycles. The van der Waals surface area contributed by atoms with Crippen molar-refractivity contribution in [3.63, 3.8) is 0 Å². The zero-order valence-electron chi connectivity index (χ0n) is 14.1. The van der Waals surface area contributed by atoms with E-state index in [1.54, 1.807) is 0 Å². The zero-order valence-corrected chi connectivity index (χ0v) is 14.1. The fraction of sp³-hybridized carbons (Fsp3) is 0.875. The highest BCUT2D eigenvalue weighted by atomic mass is 16.5. The van der Waals surface area contributed by atoms with E-state index in [0.29, 0.717) is 32.7 Å². The molecule has 21 heavy (non-hydrogen) atoms. The fourth-order valence-electron chi connectivity index (χ4n) is 2.33. The van der Waals surface area contributed by atoms with Gasteiger partial charge in [-0.25, -0.2) is 0 Å². The average molecular weight is 300 g/mol. The van der Waals surface area contributed by atoms with E-state index in [2.05, 4.69) is 10.6 Å². The number of carbonyl (C=O) groups is 2. The van der Waals surface area contributed by atoms with Gasteiger partial charge in [0.25, 0.3) is 0 Å². The number of rotatable bonds is 12. The molecule has 2 N–H and O–H groups in total. The van der Waals surface area contributed by atoms with Gasteiger partial charge in [0.1, 0.15) is 0 Å². The Kier molecular flexibility index (Phi) is 10.9. The molecule has 0 aromatic heterocycles. The maximum absolute atomic E-state index is 12.2. The van der Waals surface area contributed by atoms with Crippen molar-refractivity contribution in [2.75, 3.05) is 26.3 Å². The zero-order chi connectivity index (χ0) is 16.1. The van der Waals surface area contributed by atoms with Crippen molar-refractivity contribution in [1.29, 1.82) is 0 Å². The van der Waals surface area contributed by atoms with Gasteiger partial charge in [0.2, 0.25) is 11.8 Å². The number of amides is 2. The van der Waals surface area contributed by atoms with E-state index >= 15 is 0 Å². The van der Waals surface area contributed by atoms with E-state index in [1.807, 2.05) is 27.7 Å². The van der Waals surface area contributed by atoms with Crippen LogP contribution in [0.25, 0.3) is 0 Å². The Morgan fingerprint density at radius 3 is 2.19 bits per heavy atom. The summed E-state index contributed by atoms with van der Waals surface area (Å²) in [5, 5.41) is 5.73. The van der Waals surface area contributed by atoms with Crippen molar-refractivity contribution in [3.8, 4) is 0 Å². The smallest absolute Gasteiger partial charge is 0.226 e. The van der Waals surface area contributed by atoms with Crippen molar-refractivity contribution in [2.45, 2.75) is 59.8 Å². The Balaban J connectivity index is 3.99. The topological polar surface area (TPSA) is 67.4 Å². The molecular formula is C16H32N2O3. The van der Waals surface area contributed by atoms with Gasteiger partial charge in [-0.3, -0.25) is 9.59 Å². The van der Waals surface area contributed by atoms with Crippen molar-refractivity contribution in [3.05, 3.63) is 0 Å². The molecule has 5 heteroatoms. The average Bonchev–Trinajstić information content (AvgIpc) is 2.47. The third-order valence-corrected chi connectivity index (χ3v) is 3.94. The largest absolute Gasteiger partial charge is 0.380 e. The van der Waals surface area contributed by atoms with Crippen molar-refractivity contribution in [1.82, 2.24) is 10.6 Å². The van der Waals surface area contributed by atoms with E-state index in [-0.39, 0.29) is 17.2 Å². The summed E-state index contributed by atoms with van der Waals surface area (Å²) in [4.78, 5) is 23.5. The van der Waals surface area contributed by atoms with Gasteiger partial charge in [-0.15, -0.1) is 0 Å². The number of carbonyl (C=O) groups excluding carboxylic acids is 2. The van der Waals surface area contributed by atoms with Gasteiger partial charge in [0.05, 0.1) is 12.0 Å². The first-order valence-corrected chi connectivity index (χ1v) is 8.19. The molecule has 0 saturated carbocycles. The van der Waals surface area contributed by atoms with Crippen LogP contribution in [0.15, 0.2) is 0 Å². The molecule has 0 atom stereocenters. The normalized spacial score (nSPS) is 11.2. The third-order valence-electron chi connectivity index (χ3n) is 3.94. The van der Waals surface area contributed by atoms with E-state index < -0.39 is 0 Å². The van der Waals surface area contributed by atoms with Crippen molar-refractivity contribution >= 4 is 11.8 Å². The summed E-state index contributed by atoms with van der Waals surface area (Å²) < 4.78 is 5.55. The Morgan fingerprint density at radius 2 is 1.67 bits per heavy atom. The Bertz CT molecular complexity index is 302. The van der Waals surface area contributed by atoms with Gasteiger partial charge >= 0.3 is 0 Å². The predicted molar refractivity (Wildman–Crippen MR) is 85.1 cm³/mol. The maximum Gasteiger partial charge on any atom is 0.226 e. The van der Waals surface area contributed by atoms with Gasteiger partial charge in [-0.1, -0.05) is 20.8 Å². The summed E-state index contributed by atoms with van der Waals surface area (Å²) in [7, 11) is 0. The Morgan fingerprint density at radius 1 is 1.00 bits per heavy atom. The van der Waals surface area contributed by atoms with Gasteiger partial charge in [0, 0.05) is 26.1 Å². The number of hydrogen-bond donors (Lipinski definition) is 2. The SMILES string of the molecule is CCCC(=O)NCCOCCC(CC)(CC)C(=O)NCC. The minimum atomic E-state index is -0.332. The van der Waals surface area contributed by atoms with E-state index in [0.717, 1.165) is 25.7 Å². The molecule has 124 valence electrons. The molecule has 0 saturated heterocycles. The highest BCUT2D eigenvalue weighted by Crippen LogP contribution is 2.30. The molecule has 0 aliphatic rings. The van der Waals surface area contributed by atoms with E-state index in [9.17, 15) is 9.59 Å². The van der Waals surface area contributed by atoms with Crippen LogP contribution in [0.3, 0.4) is 0 Å². The van der Waals surface area contributed by atoms with Gasteiger partial charge in [0.15, 0.2) is 0 Å². The lowest BCUT2D eigenvalue weighted by molar-refractivity contribution is -0.132. The first-order chi connectivity index (χ1) is 10.1. The van der Waals surface area contributed by atoms with Crippen LogP contribution in [0.1, 0.15) is 59.8 Å². The third kappa shape index (κ3) is 7.46. The molecule has 0 aliphatic carbocycles. The first kappa shape index (κ1) is 19.9. The second-order valence-electron chi connectivity index (χ2n) is 5.31. The monoisotopic (exact) mass is 300 g/mol. The standard InChI is InChI=1S/C16H32N2O3/c1-5-9-14(19)18-11-13-21-12-10-16(6-2,7-3)15(20)17-8-4/h5-13H2,1-4H3,(H,17,20)(H,18,19). The van der Waals surface area contributed by atoms with Crippen LogP contribution >= 0.6 is 0 Å². The summed E-state index contributed by atoms with van der Waals surface area (Å²) in [5.41, 5.74) is -0.332. The first-order valence-electron chi connectivity index (χ1n) is 8.19. The molecule has 0 bridgehead atoms. The summed E-state index contributed by atoms with van der Waals surface area (Å²) in [6.45, 7) is 10.2. The van der Waals surface area contributed by atoms with Gasteiger partial charge in [-0.05, 0) is 32.6 Å². The Labute approximate surface area is 129 Å². The molecule has 0 rings (SSSR count). The van der Waals surface area contributed by atoms with Crippen LogP contribution in [0.5, 0.6) is 0 Å². The summed E-state index contributed by atoms with van der Waals surface area (Å²) in [6.07, 6.45) is 3.76. The number of nitrogens with one attached hydrogen (secondary N) is 2. The van der Waals surface area contributed by atoms with Crippen LogP contribution in [0.4, 0.5) is 0 Å². The second-order valence-corrected chi connectivity index (χ2v) is 5.31. The summed E-state index contributed by atoms with van der Waals surface area (Å²) >= 11 is 0. The highest BCUT2D eigenvalue weighted by molar-refractivity contribution is 5.82. The van der Waals surface area contributed by atoms with Crippen LogP contribution in [0.2, 0.25) is 0 Å². The highest BCUT2D eigenvalue weighted by Gasteiger charge is 2.33. The number of hydrogen-bond acceptors (Lipinski definition) is 3. The van der Waals surface area contributed by atoms with Gasteiger partial charge < -0.3 is 15.4 Å². The lowest BCUT2D eigenvalue weighted by Crippen LogP contribution is -2.41. The van der Waals surface area contributed by atoms with Crippen LogP contribution < -0.4 is 10.6 Å². The minimum Gasteiger partial charge on any atom is -0.380 e. The lowest BCUT2D eigenvalue weighted by atomic mass is 9.78. The quantitative estimate of drug-likeness (QED) is 0.543. The molecule has 0 unspecified atom stereocenters. The summed E-state index contributed by atoms with van der Waals surface area (Å²) in [6, 6.07) is 0. The molecule has 0 fully saturated rings. The molecule has 0 aromatic rings. The molecule has 0 spiro atoms. The molecule has 2 amide bonds. The van der Waals surface area contributed by atoms with Crippen LogP contribution in [-0.4, -0.2) is 38.1 Å². The maximum atomic E-state index is 12.2. The molecule has 0 radical (unpaired) electrons. The van der Waals surface area contributed by atoms with Crippen LogP contribution in [0, 0.1) is 5.41 Å². The number of ether oxygens (including phenoxy) is 1. The lowest BCUT2D eigenvalue weighted by Gasteiger charge is -2.30. The minimum absolute atomic E-state index is 0.0693. The summed E-state index contributed by atoms with van der Waals surface area (Å²) in [5.74, 6) is 0.190. The molecule has 0 aromatic carbocycles. The molecular weight excluding hydrogens is 268 g/mol. The van der Waals surface area contributed by atoms with E-state index in [4.69, 9.17) is 4.74 Å².